The van der Waals surface area contributed by atoms with Crippen LogP contribution in [0.15, 0.2) is 268 Å². The second-order valence-corrected chi connectivity index (χ2v) is 26.6. The van der Waals surface area contributed by atoms with Crippen LogP contribution in [0.1, 0.15) is 11.6 Å². The molecule has 0 fully saturated rings. The average Bonchev–Trinajstić information content (AvgIpc) is 0.804. The van der Waals surface area contributed by atoms with Gasteiger partial charge in [-0.15, -0.1) is 0 Å². The van der Waals surface area contributed by atoms with E-state index in [0.29, 0.717) is 0 Å². The van der Waals surface area contributed by atoms with Crippen LogP contribution in [0, 0.1) is 13.8 Å². The molecule has 0 aliphatic heterocycles. The fourth-order valence-electron chi connectivity index (χ4n) is 6.34. The number of pyridine rings is 10. The molecule has 0 aliphatic rings. The van der Waals surface area contributed by atoms with Gasteiger partial charge in [0.2, 0.25) is 0 Å². The van der Waals surface area contributed by atoms with E-state index < -0.39 is 31.2 Å². The maximum absolute atomic E-state index is 10.7. The summed E-state index contributed by atoms with van der Waals surface area (Å²) >= 11 is 0. The summed E-state index contributed by atoms with van der Waals surface area (Å²) in [6.45, 7) is 3.74. The van der Waals surface area contributed by atoms with Crippen molar-refractivity contribution in [3.8, 4) is 68.3 Å². The van der Waals surface area contributed by atoms with Crippen molar-refractivity contribution >= 4 is 31.2 Å². The number of nitrogens with zero attached hydrogens (tertiary/aromatic N) is 14. The quantitative estimate of drug-likeness (QED) is 0.0871. The van der Waals surface area contributed by atoms with Gasteiger partial charge in [0.05, 0.1) is 68.3 Å². The van der Waals surface area contributed by atoms with Crippen LogP contribution < -0.4 is 0 Å². The smallest absolute Gasteiger partial charge is 0.255 e. The summed E-state index contributed by atoms with van der Waals surface area (Å²) in [6.07, 6.45) is 21.1. The summed E-state index contributed by atoms with van der Waals surface area (Å²) in [5.41, 5.74) is 10.8. The number of halogens is 24. The van der Waals surface area contributed by atoms with Gasteiger partial charge in [-0.05, 0) is 147 Å². The van der Waals surface area contributed by atoms with Gasteiger partial charge in [0.1, 0.15) is 11.6 Å². The molecule has 564 valence electrons. The van der Waals surface area contributed by atoms with Crippen molar-refractivity contribution in [2.75, 3.05) is 0 Å². The second kappa shape index (κ2) is 35.6. The number of hydrogen-bond donors (Lipinski definition) is 0. The molecule has 0 saturated carbocycles. The van der Waals surface area contributed by atoms with Crippen molar-refractivity contribution < 1.29 is 140 Å². The minimum absolute atomic E-state index is 0. The Morgan fingerprint density at radius 2 is 0.279 bits per heavy atom. The molecule has 0 radical (unpaired) electrons. The van der Waals surface area contributed by atoms with Crippen molar-refractivity contribution in [2.24, 2.45) is 0 Å². The van der Waals surface area contributed by atoms with E-state index in [4.69, 9.17) is 0 Å². The molecule has 0 amide bonds. The van der Waals surface area contributed by atoms with Gasteiger partial charge < -0.3 is 0 Å². The number of aromatic nitrogens is 14. The normalized spacial score (nSPS) is 13.2. The maximum atomic E-state index is 9.87. The zero-order valence-corrected chi connectivity index (χ0v) is 59.3. The van der Waals surface area contributed by atoms with Gasteiger partial charge >= 0.3 is 171 Å². The fourth-order valence-corrected chi connectivity index (χ4v) is 6.34. The van der Waals surface area contributed by atoms with Gasteiger partial charge in [0, 0.05) is 74.4 Å². The Morgan fingerprint density at radius 1 is 0.163 bits per heavy atom. The Bertz CT molecular complexity index is 3730. The first-order valence-electron chi connectivity index (χ1n) is 27.4. The molecule has 0 unspecified atom stereocenters. The minimum atomic E-state index is -10.7. The summed E-state index contributed by atoms with van der Waals surface area (Å²) in [5, 5.41) is 0. The van der Waals surface area contributed by atoms with Gasteiger partial charge in [-0.3, -0.25) is 49.8 Å². The summed E-state index contributed by atoms with van der Waals surface area (Å²) in [7, 11) is -42.6. The third-order valence-corrected chi connectivity index (χ3v) is 9.78. The van der Waals surface area contributed by atoms with Gasteiger partial charge in [0.25, 0.3) is 0 Å². The Hall–Kier alpha value is -9.05. The maximum Gasteiger partial charge on any atom is 2.00 e. The molecule has 12 heterocycles. The van der Waals surface area contributed by atoms with Gasteiger partial charge in [0.15, 0.2) is 0 Å². The molecule has 0 saturated heterocycles. The Balaban J connectivity index is 0.000000583. The monoisotopic (exact) mass is 1750 g/mol. The minimum Gasteiger partial charge on any atom is -0.255 e. The molecule has 12 aromatic rings. The van der Waals surface area contributed by atoms with Gasteiger partial charge in [-0.2, -0.15) is 0 Å². The molecule has 0 aromatic carbocycles. The van der Waals surface area contributed by atoms with Crippen LogP contribution in [-0.4, -0.2) is 69.8 Å². The number of hydrogen-bond acceptors (Lipinski definition) is 14. The van der Waals surface area contributed by atoms with Crippen LogP contribution >= 0.6 is 31.2 Å². The van der Waals surface area contributed by atoms with E-state index in [2.05, 4.69) is 69.8 Å². The van der Waals surface area contributed by atoms with E-state index in [9.17, 15) is 101 Å². The van der Waals surface area contributed by atoms with Gasteiger partial charge in [-0.25, -0.2) is 19.9 Å². The van der Waals surface area contributed by atoms with Crippen LogP contribution in [0.2, 0.25) is 0 Å². The molecule has 104 heavy (non-hydrogen) atoms. The van der Waals surface area contributed by atoms with E-state index in [1.54, 1.807) is 74.4 Å². The van der Waals surface area contributed by atoms with E-state index in [1.165, 1.54) is 0 Å². The molecule has 12 aromatic heterocycles. The molecule has 12 rings (SSSR count). The number of aryl methyl sites for hydroxylation is 2. The predicted molar refractivity (Wildman–Crippen MR) is 344 cm³/mol. The van der Waals surface area contributed by atoms with Gasteiger partial charge in [-0.1, -0.05) is 60.7 Å². The van der Waals surface area contributed by atoms with Crippen LogP contribution in [0.5, 0.6) is 0 Å². The predicted octanol–water partition coefficient (Wildman–Crippen LogP) is 25.8. The van der Waals surface area contributed by atoms with E-state index >= 15 is 0 Å². The zero-order chi connectivity index (χ0) is 76.7. The molecular formula is C60H50F24N14P4Ru2. The van der Waals surface area contributed by atoms with Crippen LogP contribution in [0.25, 0.3) is 68.3 Å². The topological polar surface area (TPSA) is 180 Å². The van der Waals surface area contributed by atoms with Crippen LogP contribution in [0.3, 0.4) is 0 Å². The summed E-state index contributed by atoms with van der Waals surface area (Å²) in [5.74, 6) is 1.53. The third kappa shape index (κ3) is 59.5. The molecule has 44 heteroatoms. The molecule has 0 atom stereocenters. The summed E-state index contributed by atoms with van der Waals surface area (Å²) in [4.78, 5) is 58.5. The molecule has 0 aliphatic carbocycles. The second-order valence-electron chi connectivity index (χ2n) is 19.0. The Kier molecular flexibility index (Phi) is 31.8. The number of rotatable bonds is 6. The van der Waals surface area contributed by atoms with Crippen LogP contribution in [0.4, 0.5) is 101 Å². The van der Waals surface area contributed by atoms with Crippen molar-refractivity contribution in [1.82, 2.24) is 69.8 Å². The zero-order valence-electron chi connectivity index (χ0n) is 52.2. The summed E-state index contributed by atoms with van der Waals surface area (Å²) in [6, 6.07) is 61.6. The first kappa shape index (κ1) is 93.0. The molecule has 0 N–H and O–H groups in total. The van der Waals surface area contributed by atoms with Crippen LogP contribution in [-0.2, 0) is 39.0 Å². The largest absolute Gasteiger partial charge is 2.00 e. The van der Waals surface area contributed by atoms with E-state index in [0.717, 1.165) is 80.0 Å². The van der Waals surface area contributed by atoms with E-state index in [1.807, 2.05) is 208 Å². The fraction of sp³-hybridized carbons (Fsp3) is 0.0333. The standard InChI is InChI=1S/2C10H9N3.4C10H8N2.4F6P.2Ru/c2*1-8-11-7-5-10(13-8)9-4-2-3-6-12-9;4*1-3-7-11-9(5-1)10-6-2-4-8-12-10;4*1-7(2,3,4,5)6;;/h2*2-7H,1H3;4*1-8H;;;;;;/q;;;;;;4*-1;2*+2. The molecule has 0 bridgehead atoms. The first-order valence-corrected chi connectivity index (χ1v) is 35.5. The Morgan fingerprint density at radius 3 is 0.375 bits per heavy atom. The average molecular weight is 1750 g/mol. The van der Waals surface area contributed by atoms with Crippen molar-refractivity contribution in [1.29, 1.82) is 0 Å². The summed E-state index contributed by atoms with van der Waals surface area (Å²) < 4.78 is 237. The SMILES string of the molecule is Cc1nccc(-c2ccccn2)n1.Cc1nccc(-c2ccccn2)n1.F[P-](F)(F)(F)(F)F.F[P-](F)(F)(F)(F)F.F[P-](F)(F)(F)(F)F.F[P-](F)(F)(F)(F)F.[Ru+2].[Ru+2].c1ccc(-c2ccccn2)nc1.c1ccc(-c2ccccn2)nc1.c1ccc(-c2ccccn2)nc1.c1ccc(-c2ccccn2)nc1. The first-order chi connectivity index (χ1) is 46.4. The molecule has 14 nitrogen and oxygen atoms in total. The van der Waals surface area contributed by atoms with Crippen molar-refractivity contribution in [3.63, 3.8) is 0 Å². The van der Waals surface area contributed by atoms with E-state index in [-0.39, 0.29) is 39.0 Å². The van der Waals surface area contributed by atoms with Crippen molar-refractivity contribution in [3.05, 3.63) is 280 Å². The third-order valence-electron chi connectivity index (χ3n) is 9.78. The molecular weight excluding hydrogens is 1700 g/mol. The molecule has 0 spiro atoms. The van der Waals surface area contributed by atoms with Crippen molar-refractivity contribution in [2.45, 2.75) is 13.8 Å². The Labute approximate surface area is 600 Å².